The minimum absolute atomic E-state index is 0.213. The molecule has 0 heterocycles. The fraction of sp³-hybridized carbons (Fsp3) is 0.250. The van der Waals surface area contributed by atoms with Crippen LogP contribution >= 0.6 is 15.8 Å². The lowest BCUT2D eigenvalue weighted by atomic mass is 9.93. The van der Waals surface area contributed by atoms with Gasteiger partial charge >= 0.3 is 0 Å². The molecule has 0 aliphatic rings. The highest BCUT2D eigenvalue weighted by atomic mass is 31.1. The Morgan fingerprint density at radius 1 is 0.595 bits per heavy atom. The normalized spacial score (nSPS) is 14.9. The van der Waals surface area contributed by atoms with Crippen molar-refractivity contribution < 1.29 is 0 Å². The molecule has 0 amide bonds. The quantitative estimate of drug-likeness (QED) is 0.190. The summed E-state index contributed by atoms with van der Waals surface area (Å²) in [5, 5.41) is 9.07. The summed E-state index contributed by atoms with van der Waals surface area (Å²) in [5.74, 6) is 0. The Morgan fingerprint density at radius 3 is 1.16 bits per heavy atom. The van der Waals surface area contributed by atoms with Crippen molar-refractivity contribution >= 4 is 37.1 Å². The predicted molar refractivity (Wildman–Crippen MR) is 166 cm³/mol. The van der Waals surface area contributed by atoms with Crippen LogP contribution in [0.3, 0.4) is 0 Å². The van der Waals surface area contributed by atoms with Gasteiger partial charge in [-0.3, -0.25) is 0 Å². The summed E-state index contributed by atoms with van der Waals surface area (Å²) in [4.78, 5) is 0. The van der Waals surface area contributed by atoms with E-state index in [1.807, 2.05) is 0 Å². The Kier molecular flexibility index (Phi) is 10.0. The smallest absolute Gasteiger partial charge is 0.0424 e. The zero-order valence-electron chi connectivity index (χ0n) is 21.9. The highest BCUT2D eigenvalue weighted by molar-refractivity contribution is 7.74. The monoisotopic (exact) mass is 527 g/mol. The van der Waals surface area contributed by atoms with Crippen molar-refractivity contribution in [3.8, 4) is 0 Å². The fourth-order valence-electron chi connectivity index (χ4n) is 5.08. The van der Waals surface area contributed by atoms with Crippen LogP contribution in [0.4, 0.5) is 0 Å². The van der Waals surface area contributed by atoms with Crippen LogP contribution in [0.1, 0.15) is 13.8 Å². The summed E-state index contributed by atoms with van der Waals surface area (Å²) in [6, 6.07) is 43.7. The summed E-state index contributed by atoms with van der Waals surface area (Å²) in [7, 11) is -1.40. The molecular weight excluding hydrogens is 488 g/mol. The number of nitrogens with one attached hydrogen (secondary N) is 1. The third kappa shape index (κ3) is 6.55. The van der Waals surface area contributed by atoms with Crippen LogP contribution in [-0.4, -0.2) is 36.5 Å². The highest BCUT2D eigenvalue weighted by Gasteiger charge is 2.45. The Bertz CT molecular complexity index is 1020. The molecule has 0 aliphatic heterocycles. The van der Waals surface area contributed by atoms with E-state index in [2.05, 4.69) is 140 Å². The van der Waals surface area contributed by atoms with E-state index >= 15 is 0 Å². The standard InChI is InChI=1S/C32H39N3P2/c1-26(36(28-15-7-3-8-16-28)29-17-9-4-10-18-29)32(34,25-35-24-23-33)27(2)37(30-19-11-5-12-20-30)31-21-13-6-14-22-31/h3-22,26-27,35H,23-25,33-34H2,1-2H3. The lowest BCUT2D eigenvalue weighted by Crippen LogP contribution is -2.64. The number of hydrogen-bond donors (Lipinski definition) is 3. The molecule has 0 fully saturated rings. The minimum Gasteiger partial charge on any atom is -0.329 e. The fourth-order valence-corrected chi connectivity index (χ4v) is 11.1. The van der Waals surface area contributed by atoms with Gasteiger partial charge < -0.3 is 16.8 Å². The molecule has 5 N–H and O–H groups in total. The van der Waals surface area contributed by atoms with Crippen molar-refractivity contribution in [3.05, 3.63) is 121 Å². The van der Waals surface area contributed by atoms with Crippen LogP contribution in [0.15, 0.2) is 121 Å². The molecular formula is C32H39N3P2. The molecule has 4 aromatic carbocycles. The Morgan fingerprint density at radius 2 is 0.892 bits per heavy atom. The van der Waals surface area contributed by atoms with Crippen molar-refractivity contribution in [2.75, 3.05) is 19.6 Å². The molecule has 37 heavy (non-hydrogen) atoms. The van der Waals surface area contributed by atoms with Gasteiger partial charge in [0.05, 0.1) is 0 Å². The molecule has 0 aliphatic carbocycles. The molecule has 0 bridgehead atoms. The molecule has 0 saturated carbocycles. The van der Waals surface area contributed by atoms with E-state index < -0.39 is 21.4 Å². The van der Waals surface area contributed by atoms with Gasteiger partial charge in [0.1, 0.15) is 0 Å². The van der Waals surface area contributed by atoms with E-state index in [0.29, 0.717) is 13.1 Å². The van der Waals surface area contributed by atoms with Crippen molar-refractivity contribution in [3.63, 3.8) is 0 Å². The minimum atomic E-state index is -0.702. The SMILES string of the molecule is CC(P(c1ccccc1)c1ccccc1)C(N)(CNCCN)C(C)P(c1ccccc1)c1ccccc1. The van der Waals surface area contributed by atoms with Gasteiger partial charge in [-0.05, 0) is 37.1 Å². The average molecular weight is 528 g/mol. The van der Waals surface area contributed by atoms with E-state index in [1.54, 1.807) is 0 Å². The molecule has 0 spiro atoms. The largest absolute Gasteiger partial charge is 0.329 e. The predicted octanol–water partition coefficient (Wildman–Crippen LogP) is 4.28. The van der Waals surface area contributed by atoms with Crippen LogP contribution in [0, 0.1) is 0 Å². The second-order valence-corrected chi connectivity index (χ2v) is 14.6. The van der Waals surface area contributed by atoms with Crippen LogP contribution in [-0.2, 0) is 0 Å². The van der Waals surface area contributed by atoms with Gasteiger partial charge in [0.15, 0.2) is 0 Å². The molecule has 192 valence electrons. The van der Waals surface area contributed by atoms with E-state index in [0.717, 1.165) is 6.54 Å². The zero-order valence-corrected chi connectivity index (χ0v) is 23.7. The third-order valence-electron chi connectivity index (χ3n) is 7.22. The summed E-state index contributed by atoms with van der Waals surface area (Å²) < 4.78 is 0. The van der Waals surface area contributed by atoms with Crippen LogP contribution in [0.5, 0.6) is 0 Å². The van der Waals surface area contributed by atoms with Gasteiger partial charge in [-0.25, -0.2) is 0 Å². The third-order valence-corrected chi connectivity index (χ3v) is 13.1. The van der Waals surface area contributed by atoms with Crippen molar-refractivity contribution in [1.82, 2.24) is 5.32 Å². The topological polar surface area (TPSA) is 64.1 Å². The van der Waals surface area contributed by atoms with Crippen molar-refractivity contribution in [1.29, 1.82) is 0 Å². The van der Waals surface area contributed by atoms with Gasteiger partial charge in [0, 0.05) is 36.5 Å². The van der Waals surface area contributed by atoms with E-state index in [9.17, 15) is 0 Å². The van der Waals surface area contributed by atoms with Crippen LogP contribution < -0.4 is 38.0 Å². The van der Waals surface area contributed by atoms with E-state index in [4.69, 9.17) is 11.5 Å². The summed E-state index contributed by atoms with van der Waals surface area (Å²) in [5.41, 5.74) is 13.5. The van der Waals surface area contributed by atoms with Gasteiger partial charge in [-0.1, -0.05) is 135 Å². The molecule has 5 heteroatoms. The summed E-state index contributed by atoms with van der Waals surface area (Å²) in [6.45, 7) is 6.80. The Labute approximate surface area is 225 Å². The second kappa shape index (κ2) is 13.4. The van der Waals surface area contributed by atoms with Gasteiger partial charge in [-0.2, -0.15) is 0 Å². The molecule has 4 aromatic rings. The molecule has 2 atom stereocenters. The van der Waals surface area contributed by atoms with Gasteiger partial charge in [0.2, 0.25) is 0 Å². The average Bonchev–Trinajstić information content (AvgIpc) is 2.95. The first-order chi connectivity index (χ1) is 18.1. The molecule has 2 unspecified atom stereocenters. The molecule has 0 saturated heterocycles. The number of rotatable bonds is 12. The Hall–Kier alpha value is -2.38. The molecule has 3 nitrogen and oxygen atoms in total. The highest BCUT2D eigenvalue weighted by Crippen LogP contribution is 2.51. The van der Waals surface area contributed by atoms with Crippen molar-refractivity contribution in [2.45, 2.75) is 30.7 Å². The first-order valence-electron chi connectivity index (χ1n) is 13.0. The van der Waals surface area contributed by atoms with Crippen LogP contribution in [0.25, 0.3) is 0 Å². The molecule has 0 radical (unpaired) electrons. The maximum Gasteiger partial charge on any atom is 0.0424 e. The molecule has 0 aromatic heterocycles. The second-order valence-electron chi connectivity index (χ2n) is 9.51. The summed E-state index contributed by atoms with van der Waals surface area (Å²) >= 11 is 0. The van der Waals surface area contributed by atoms with Crippen LogP contribution in [0.2, 0.25) is 0 Å². The maximum atomic E-state index is 7.71. The number of hydrogen-bond acceptors (Lipinski definition) is 3. The number of benzene rings is 4. The van der Waals surface area contributed by atoms with E-state index in [1.165, 1.54) is 21.2 Å². The maximum absolute atomic E-state index is 7.71. The zero-order chi connectivity index (χ0) is 26.1. The molecule has 4 rings (SSSR count). The Balaban J connectivity index is 1.83. The first kappa shape index (κ1) is 27.6. The first-order valence-corrected chi connectivity index (χ1v) is 15.9. The lowest BCUT2D eigenvalue weighted by Gasteiger charge is -2.47. The number of nitrogens with two attached hydrogens (primary N) is 2. The van der Waals surface area contributed by atoms with E-state index in [-0.39, 0.29) is 11.3 Å². The lowest BCUT2D eigenvalue weighted by molar-refractivity contribution is 0.386. The van der Waals surface area contributed by atoms with Gasteiger partial charge in [0.25, 0.3) is 0 Å². The summed E-state index contributed by atoms with van der Waals surface area (Å²) in [6.07, 6.45) is 0. The van der Waals surface area contributed by atoms with Crippen molar-refractivity contribution in [2.24, 2.45) is 11.5 Å². The van der Waals surface area contributed by atoms with Gasteiger partial charge in [-0.15, -0.1) is 0 Å².